The average Bonchev–Trinajstić information content (AvgIpc) is 2.96. The summed E-state index contributed by atoms with van der Waals surface area (Å²) in [4.78, 5) is 17.4. The van der Waals surface area contributed by atoms with Crippen LogP contribution in [0.15, 0.2) is 18.2 Å². The summed E-state index contributed by atoms with van der Waals surface area (Å²) in [6.45, 7) is 0. The SMILES string of the molecule is CNc1nc2c(s1)[C@H](c1cc(OC)ccc1OC)CC(=O)N2. The number of carbonyl (C=O) groups is 1. The zero-order valence-corrected chi connectivity index (χ0v) is 13.4. The molecule has 0 spiro atoms. The van der Waals surface area contributed by atoms with Gasteiger partial charge < -0.3 is 20.1 Å². The lowest BCUT2D eigenvalue weighted by molar-refractivity contribution is -0.116. The Morgan fingerprint density at radius 2 is 2.18 bits per heavy atom. The van der Waals surface area contributed by atoms with Crippen molar-refractivity contribution in [3.05, 3.63) is 28.6 Å². The van der Waals surface area contributed by atoms with Gasteiger partial charge in [0.15, 0.2) is 5.13 Å². The van der Waals surface area contributed by atoms with Crippen LogP contribution in [0.3, 0.4) is 0 Å². The number of ether oxygens (including phenoxy) is 2. The lowest BCUT2D eigenvalue weighted by Crippen LogP contribution is -2.23. The van der Waals surface area contributed by atoms with Crippen molar-refractivity contribution in [3.63, 3.8) is 0 Å². The Balaban J connectivity index is 2.12. The lowest BCUT2D eigenvalue weighted by atomic mass is 9.90. The van der Waals surface area contributed by atoms with E-state index in [-0.39, 0.29) is 11.8 Å². The summed E-state index contributed by atoms with van der Waals surface area (Å²) in [6, 6.07) is 5.63. The summed E-state index contributed by atoms with van der Waals surface area (Å²) >= 11 is 1.54. The third-order valence-electron chi connectivity index (χ3n) is 3.64. The van der Waals surface area contributed by atoms with E-state index in [1.807, 2.05) is 25.2 Å². The van der Waals surface area contributed by atoms with E-state index in [2.05, 4.69) is 15.6 Å². The highest BCUT2D eigenvalue weighted by Crippen LogP contribution is 2.45. The highest BCUT2D eigenvalue weighted by atomic mass is 32.1. The van der Waals surface area contributed by atoms with Crippen molar-refractivity contribution < 1.29 is 14.3 Å². The summed E-state index contributed by atoms with van der Waals surface area (Å²) < 4.78 is 10.8. The van der Waals surface area contributed by atoms with Gasteiger partial charge in [0.2, 0.25) is 5.91 Å². The van der Waals surface area contributed by atoms with Crippen molar-refractivity contribution in [2.24, 2.45) is 0 Å². The minimum Gasteiger partial charge on any atom is -0.497 e. The van der Waals surface area contributed by atoms with E-state index >= 15 is 0 Å². The smallest absolute Gasteiger partial charge is 0.226 e. The molecule has 0 unspecified atom stereocenters. The number of amides is 1. The second-order valence-electron chi connectivity index (χ2n) is 4.89. The van der Waals surface area contributed by atoms with Gasteiger partial charge in [0.25, 0.3) is 0 Å². The zero-order chi connectivity index (χ0) is 15.7. The molecule has 1 aromatic heterocycles. The van der Waals surface area contributed by atoms with Gasteiger partial charge in [-0.2, -0.15) is 0 Å². The highest BCUT2D eigenvalue weighted by molar-refractivity contribution is 7.16. The Labute approximate surface area is 132 Å². The van der Waals surface area contributed by atoms with Crippen molar-refractivity contribution in [1.29, 1.82) is 0 Å². The fraction of sp³-hybridized carbons (Fsp3) is 0.333. The summed E-state index contributed by atoms with van der Waals surface area (Å²) in [6.07, 6.45) is 0.363. The van der Waals surface area contributed by atoms with Crippen molar-refractivity contribution in [3.8, 4) is 11.5 Å². The molecule has 1 atom stereocenters. The zero-order valence-electron chi connectivity index (χ0n) is 12.6. The van der Waals surface area contributed by atoms with Gasteiger partial charge in [0.05, 0.1) is 19.1 Å². The predicted octanol–water partition coefficient (Wildman–Crippen LogP) is 2.68. The number of carbonyl (C=O) groups excluding carboxylic acids is 1. The number of anilines is 2. The maximum absolute atomic E-state index is 12.0. The van der Waals surface area contributed by atoms with E-state index in [9.17, 15) is 4.79 Å². The van der Waals surface area contributed by atoms with Crippen molar-refractivity contribution in [2.45, 2.75) is 12.3 Å². The fourth-order valence-electron chi connectivity index (χ4n) is 2.59. The van der Waals surface area contributed by atoms with E-state index in [0.717, 1.165) is 27.1 Å². The van der Waals surface area contributed by atoms with Crippen molar-refractivity contribution in [1.82, 2.24) is 4.98 Å². The number of hydrogen-bond donors (Lipinski definition) is 2. The predicted molar refractivity (Wildman–Crippen MR) is 86.3 cm³/mol. The quantitative estimate of drug-likeness (QED) is 0.906. The molecule has 0 aliphatic carbocycles. The number of hydrogen-bond acceptors (Lipinski definition) is 6. The molecule has 7 heteroatoms. The normalized spacial score (nSPS) is 16.7. The lowest BCUT2D eigenvalue weighted by Gasteiger charge is -2.23. The molecule has 0 saturated heterocycles. The Bertz CT molecular complexity index is 714. The monoisotopic (exact) mass is 319 g/mol. The van der Waals surface area contributed by atoms with E-state index in [0.29, 0.717) is 12.2 Å². The molecule has 2 heterocycles. The van der Waals surface area contributed by atoms with Gasteiger partial charge in [-0.3, -0.25) is 4.79 Å². The van der Waals surface area contributed by atoms with Crippen molar-refractivity contribution >= 4 is 28.2 Å². The Morgan fingerprint density at radius 3 is 2.86 bits per heavy atom. The van der Waals surface area contributed by atoms with Gasteiger partial charge in [-0.25, -0.2) is 4.98 Å². The first-order chi connectivity index (χ1) is 10.7. The largest absolute Gasteiger partial charge is 0.497 e. The molecule has 22 heavy (non-hydrogen) atoms. The standard InChI is InChI=1S/C15H17N3O3S/c1-16-15-18-14-13(22-15)10(7-12(19)17-14)9-6-8(20-2)4-5-11(9)21-3/h4-6,10H,7H2,1-3H3,(H,16,18)(H,17,19)/t10-/m0/s1. The topological polar surface area (TPSA) is 72.5 Å². The maximum Gasteiger partial charge on any atom is 0.226 e. The number of thiazole rings is 1. The molecule has 1 aliphatic rings. The van der Waals surface area contributed by atoms with Crippen LogP contribution in [0.4, 0.5) is 10.9 Å². The Morgan fingerprint density at radius 1 is 1.36 bits per heavy atom. The van der Waals surface area contributed by atoms with Gasteiger partial charge in [0, 0.05) is 24.9 Å². The van der Waals surface area contributed by atoms with Gasteiger partial charge in [0.1, 0.15) is 17.3 Å². The summed E-state index contributed by atoms with van der Waals surface area (Å²) in [5, 5.41) is 6.63. The van der Waals surface area contributed by atoms with Gasteiger partial charge in [-0.15, -0.1) is 0 Å². The molecule has 2 aromatic rings. The van der Waals surface area contributed by atoms with Crippen LogP contribution in [-0.2, 0) is 4.79 Å². The van der Waals surface area contributed by atoms with Crippen LogP contribution >= 0.6 is 11.3 Å². The van der Waals surface area contributed by atoms with E-state index in [1.54, 1.807) is 14.2 Å². The van der Waals surface area contributed by atoms with E-state index in [4.69, 9.17) is 9.47 Å². The van der Waals surface area contributed by atoms with Crippen molar-refractivity contribution in [2.75, 3.05) is 31.9 Å². The first-order valence-electron chi connectivity index (χ1n) is 6.86. The van der Waals surface area contributed by atoms with Crippen LogP contribution in [0.1, 0.15) is 22.8 Å². The molecule has 0 bridgehead atoms. The number of nitrogens with one attached hydrogen (secondary N) is 2. The number of fused-ring (bicyclic) bond motifs is 1. The molecule has 3 rings (SSSR count). The minimum atomic E-state index is -0.0894. The molecule has 0 saturated carbocycles. The summed E-state index contributed by atoms with van der Waals surface area (Å²) in [7, 11) is 5.06. The molecule has 0 radical (unpaired) electrons. The molecule has 2 N–H and O–H groups in total. The fourth-order valence-corrected chi connectivity index (χ4v) is 3.58. The molecule has 116 valence electrons. The Hall–Kier alpha value is -2.28. The second kappa shape index (κ2) is 5.84. The molecular weight excluding hydrogens is 302 g/mol. The van der Waals surface area contributed by atoms with E-state index < -0.39 is 0 Å². The number of benzene rings is 1. The van der Waals surface area contributed by atoms with Crippen LogP contribution in [0.2, 0.25) is 0 Å². The molecular formula is C15H17N3O3S. The van der Waals surface area contributed by atoms with Gasteiger partial charge in [-0.05, 0) is 18.2 Å². The first kappa shape index (κ1) is 14.6. The highest BCUT2D eigenvalue weighted by Gasteiger charge is 2.32. The van der Waals surface area contributed by atoms with Gasteiger partial charge in [-0.1, -0.05) is 11.3 Å². The molecule has 1 amide bonds. The summed E-state index contributed by atoms with van der Waals surface area (Å²) in [5.74, 6) is 1.97. The molecule has 6 nitrogen and oxygen atoms in total. The maximum atomic E-state index is 12.0. The molecule has 1 aliphatic heterocycles. The number of aromatic nitrogens is 1. The van der Waals surface area contributed by atoms with Crippen LogP contribution in [-0.4, -0.2) is 32.2 Å². The van der Waals surface area contributed by atoms with Gasteiger partial charge >= 0.3 is 0 Å². The number of rotatable bonds is 4. The Kier molecular flexibility index (Phi) is 3.89. The van der Waals surface area contributed by atoms with Crippen LogP contribution in [0, 0.1) is 0 Å². The van der Waals surface area contributed by atoms with Crippen LogP contribution < -0.4 is 20.1 Å². The number of methoxy groups -OCH3 is 2. The van der Waals surface area contributed by atoms with E-state index in [1.165, 1.54) is 11.3 Å². The van der Waals surface area contributed by atoms with Crippen LogP contribution in [0.5, 0.6) is 11.5 Å². The minimum absolute atomic E-state index is 0.0460. The number of nitrogens with zero attached hydrogens (tertiary/aromatic N) is 1. The molecule has 0 fully saturated rings. The van der Waals surface area contributed by atoms with Crippen LogP contribution in [0.25, 0.3) is 0 Å². The summed E-state index contributed by atoms with van der Waals surface area (Å²) in [5.41, 5.74) is 0.934. The third-order valence-corrected chi connectivity index (χ3v) is 4.83. The third kappa shape index (κ3) is 2.48. The average molecular weight is 319 g/mol. The first-order valence-corrected chi connectivity index (χ1v) is 7.68. The second-order valence-corrected chi connectivity index (χ2v) is 5.93. The molecule has 1 aromatic carbocycles.